The molecular weight excluding hydrogens is 393 g/mol. The van der Waals surface area contributed by atoms with Crippen molar-refractivity contribution in [2.24, 2.45) is 0 Å². The molecule has 0 bridgehead atoms. The van der Waals surface area contributed by atoms with E-state index in [-0.39, 0.29) is 18.1 Å². The molecule has 1 aromatic carbocycles. The predicted octanol–water partition coefficient (Wildman–Crippen LogP) is 2.67. The van der Waals surface area contributed by atoms with Crippen LogP contribution in [0.25, 0.3) is 0 Å². The molecule has 1 aromatic heterocycles. The van der Waals surface area contributed by atoms with Gasteiger partial charge in [-0.15, -0.1) is 11.3 Å². The van der Waals surface area contributed by atoms with Crippen LogP contribution >= 0.6 is 34.5 Å². The number of carbonyl (C=O) groups is 1. The zero-order valence-corrected chi connectivity index (χ0v) is 17.0. The third-order valence-electron chi connectivity index (χ3n) is 4.19. The van der Waals surface area contributed by atoms with E-state index in [0.717, 1.165) is 23.5 Å². The van der Waals surface area contributed by atoms with Crippen molar-refractivity contribution >= 4 is 45.6 Å². The number of hydrogen-bond acceptors (Lipinski definition) is 4. The Morgan fingerprint density at radius 2 is 2.04 bits per heavy atom. The van der Waals surface area contributed by atoms with Crippen molar-refractivity contribution in [3.8, 4) is 0 Å². The molecule has 1 aliphatic heterocycles. The molecule has 5 nitrogen and oxygen atoms in total. The minimum absolute atomic E-state index is 0.0169. The lowest BCUT2D eigenvalue weighted by molar-refractivity contribution is -0.907. The topological polar surface area (TPSA) is 55.7 Å². The van der Waals surface area contributed by atoms with Crippen LogP contribution in [0.5, 0.6) is 0 Å². The number of halogens is 2. The van der Waals surface area contributed by atoms with Crippen molar-refractivity contribution in [1.29, 1.82) is 0 Å². The summed E-state index contributed by atoms with van der Waals surface area (Å²) in [5.74, 6) is -0.0169. The predicted molar refractivity (Wildman–Crippen MR) is 106 cm³/mol. The van der Waals surface area contributed by atoms with E-state index in [1.54, 1.807) is 12.3 Å². The van der Waals surface area contributed by atoms with E-state index in [4.69, 9.17) is 27.9 Å². The van der Waals surface area contributed by atoms with Gasteiger partial charge in [0, 0.05) is 17.5 Å². The van der Waals surface area contributed by atoms with Crippen LogP contribution in [-0.4, -0.2) is 42.7 Å². The first-order chi connectivity index (χ1) is 12.4. The van der Waals surface area contributed by atoms with E-state index in [1.165, 1.54) is 16.2 Å². The number of ether oxygens (including phenoxy) is 1. The first kappa shape index (κ1) is 19.6. The van der Waals surface area contributed by atoms with Gasteiger partial charge in [-0.1, -0.05) is 29.3 Å². The van der Waals surface area contributed by atoms with E-state index < -0.39 is 0 Å². The second-order valence-electron chi connectivity index (χ2n) is 6.70. The molecule has 0 unspecified atom stereocenters. The van der Waals surface area contributed by atoms with Gasteiger partial charge in [0.2, 0.25) is 0 Å². The maximum absolute atomic E-state index is 12.3. The molecule has 3 rings (SSSR count). The van der Waals surface area contributed by atoms with Crippen LogP contribution in [0.3, 0.4) is 0 Å². The zero-order chi connectivity index (χ0) is 18.7. The molecule has 0 aliphatic carbocycles. The lowest BCUT2D eigenvalue weighted by atomic mass is 10.1. The smallest absolute Gasteiger partial charge is 0.281 e. The molecule has 2 aromatic rings. The molecule has 1 amide bonds. The summed E-state index contributed by atoms with van der Waals surface area (Å²) in [6.45, 7) is 6.21. The molecule has 2 heterocycles. The standard InChI is InChI=1S/C18H21Cl2N3O2S/c1-11-8-23(9-12(2)25-11)10-17(24)22-18-21-7-14(26-18)5-13-3-4-15(19)16(20)6-13/h3-4,6-7,11-12H,5,8-10H2,1-2H3,(H,21,22,24)/p+1/t11-,12-/m0/s1. The summed E-state index contributed by atoms with van der Waals surface area (Å²) in [6.07, 6.45) is 2.85. The van der Waals surface area contributed by atoms with Gasteiger partial charge < -0.3 is 9.64 Å². The average molecular weight is 415 g/mol. The van der Waals surface area contributed by atoms with Gasteiger partial charge >= 0.3 is 0 Å². The number of rotatable bonds is 5. The molecule has 0 radical (unpaired) electrons. The third-order valence-corrected chi connectivity index (χ3v) is 5.84. The quantitative estimate of drug-likeness (QED) is 0.790. The van der Waals surface area contributed by atoms with E-state index in [1.807, 2.05) is 26.0 Å². The number of nitrogens with one attached hydrogen (secondary N) is 2. The normalized spacial score (nSPS) is 23.0. The maximum atomic E-state index is 12.3. The second kappa shape index (κ2) is 8.67. The van der Waals surface area contributed by atoms with Crippen molar-refractivity contribution in [2.75, 3.05) is 25.0 Å². The van der Waals surface area contributed by atoms with Gasteiger partial charge in [-0.25, -0.2) is 4.98 Å². The number of thiazole rings is 1. The number of aromatic nitrogens is 1. The van der Waals surface area contributed by atoms with E-state index in [2.05, 4.69) is 10.3 Å². The molecule has 1 fully saturated rings. The minimum Gasteiger partial charge on any atom is -0.364 e. The van der Waals surface area contributed by atoms with E-state index in [9.17, 15) is 4.79 Å². The lowest BCUT2D eigenvalue weighted by Crippen LogP contribution is -3.16. The number of carbonyl (C=O) groups excluding carboxylic acids is 1. The van der Waals surface area contributed by atoms with Crippen molar-refractivity contribution in [3.63, 3.8) is 0 Å². The molecule has 1 saturated heterocycles. The van der Waals surface area contributed by atoms with Gasteiger partial charge in [0.25, 0.3) is 5.91 Å². The van der Waals surface area contributed by atoms with E-state index in [0.29, 0.717) is 28.1 Å². The number of benzene rings is 1. The number of amides is 1. The largest absolute Gasteiger partial charge is 0.364 e. The Morgan fingerprint density at radius 1 is 1.31 bits per heavy atom. The number of nitrogens with zero attached hydrogens (tertiary/aromatic N) is 1. The highest BCUT2D eigenvalue weighted by Gasteiger charge is 2.27. The summed E-state index contributed by atoms with van der Waals surface area (Å²) in [6, 6.07) is 5.58. The van der Waals surface area contributed by atoms with Gasteiger partial charge in [-0.3, -0.25) is 10.1 Å². The van der Waals surface area contributed by atoms with Crippen LogP contribution in [0.15, 0.2) is 24.4 Å². The fourth-order valence-electron chi connectivity index (χ4n) is 3.22. The number of anilines is 1. The van der Waals surface area contributed by atoms with Crippen molar-refractivity contribution in [3.05, 3.63) is 44.9 Å². The molecule has 26 heavy (non-hydrogen) atoms. The summed E-state index contributed by atoms with van der Waals surface area (Å²) in [4.78, 5) is 18.9. The number of morpholine rings is 1. The third kappa shape index (κ3) is 5.41. The van der Waals surface area contributed by atoms with Gasteiger partial charge in [0.15, 0.2) is 11.7 Å². The Morgan fingerprint density at radius 3 is 2.73 bits per heavy atom. The highest BCUT2D eigenvalue weighted by molar-refractivity contribution is 7.15. The summed E-state index contributed by atoms with van der Waals surface area (Å²) in [5.41, 5.74) is 1.06. The Labute approximate surface area is 167 Å². The highest BCUT2D eigenvalue weighted by atomic mass is 35.5. The SMILES string of the molecule is C[C@H]1C[NH+](CC(=O)Nc2ncc(Cc3ccc(Cl)c(Cl)c3)s2)C[C@H](C)O1. The Bertz CT molecular complexity index is 774. The van der Waals surface area contributed by atoms with Crippen LogP contribution in [0, 0.1) is 0 Å². The Hall–Kier alpha value is -1.18. The molecule has 140 valence electrons. The Kier molecular flexibility index (Phi) is 6.53. The van der Waals surface area contributed by atoms with Crippen molar-refractivity contribution in [1.82, 2.24) is 4.98 Å². The maximum Gasteiger partial charge on any atom is 0.281 e. The molecular formula is C18H22Cl2N3O2S+. The second-order valence-corrected chi connectivity index (χ2v) is 8.63. The van der Waals surface area contributed by atoms with Gasteiger partial charge in [-0.2, -0.15) is 0 Å². The first-order valence-electron chi connectivity index (χ1n) is 8.56. The Balaban J connectivity index is 1.54. The van der Waals surface area contributed by atoms with Gasteiger partial charge in [0.1, 0.15) is 25.3 Å². The molecule has 1 aliphatic rings. The first-order valence-corrected chi connectivity index (χ1v) is 10.1. The van der Waals surface area contributed by atoms with Crippen molar-refractivity contribution in [2.45, 2.75) is 32.5 Å². The minimum atomic E-state index is -0.0169. The molecule has 8 heteroatoms. The summed E-state index contributed by atoms with van der Waals surface area (Å²) in [5, 5.41) is 4.61. The zero-order valence-electron chi connectivity index (χ0n) is 14.7. The molecule has 0 saturated carbocycles. The average Bonchev–Trinajstić information content (AvgIpc) is 2.96. The van der Waals surface area contributed by atoms with Crippen LogP contribution < -0.4 is 10.2 Å². The van der Waals surface area contributed by atoms with Crippen LogP contribution in [0.1, 0.15) is 24.3 Å². The molecule has 0 spiro atoms. The summed E-state index contributed by atoms with van der Waals surface area (Å²) < 4.78 is 5.71. The fourth-order valence-corrected chi connectivity index (χ4v) is 4.41. The van der Waals surface area contributed by atoms with Crippen LogP contribution in [0.4, 0.5) is 5.13 Å². The van der Waals surface area contributed by atoms with Crippen LogP contribution in [0.2, 0.25) is 10.0 Å². The summed E-state index contributed by atoms with van der Waals surface area (Å²) >= 11 is 13.5. The van der Waals surface area contributed by atoms with E-state index >= 15 is 0 Å². The fraction of sp³-hybridized carbons (Fsp3) is 0.444. The highest BCUT2D eigenvalue weighted by Crippen LogP contribution is 2.26. The summed E-state index contributed by atoms with van der Waals surface area (Å²) in [7, 11) is 0. The molecule has 2 N–H and O–H groups in total. The number of quaternary nitrogens is 1. The number of hydrogen-bond donors (Lipinski definition) is 2. The molecule has 2 atom stereocenters. The van der Waals surface area contributed by atoms with Gasteiger partial charge in [0.05, 0.1) is 10.0 Å². The van der Waals surface area contributed by atoms with Crippen molar-refractivity contribution < 1.29 is 14.4 Å². The monoisotopic (exact) mass is 414 g/mol. The van der Waals surface area contributed by atoms with Gasteiger partial charge in [-0.05, 0) is 31.5 Å². The van der Waals surface area contributed by atoms with Crippen LogP contribution in [-0.2, 0) is 16.0 Å². The lowest BCUT2D eigenvalue weighted by Gasteiger charge is -2.31.